The van der Waals surface area contributed by atoms with Crippen LogP contribution in [0, 0.1) is 26.2 Å². The van der Waals surface area contributed by atoms with Gasteiger partial charge in [-0.05, 0) is 37.5 Å². The lowest BCUT2D eigenvalue weighted by Crippen LogP contribution is -2.47. The minimum Gasteiger partial charge on any atom is -0.396 e. The van der Waals surface area contributed by atoms with Crippen LogP contribution in [-0.2, 0) is 10.5 Å². The standard InChI is InChI=1S/C15H22O2S/c1-11-4-12(2)14(13(3)5-11)6-18-10-15(7-16)8-17-9-15/h4-5,16H,6-10H2,1-3H3. The third kappa shape index (κ3) is 2.90. The molecule has 0 aliphatic carbocycles. The summed E-state index contributed by atoms with van der Waals surface area (Å²) < 4.78 is 5.22. The van der Waals surface area contributed by atoms with Crippen molar-refractivity contribution in [3.05, 3.63) is 34.4 Å². The van der Waals surface area contributed by atoms with E-state index in [0.717, 1.165) is 11.5 Å². The summed E-state index contributed by atoms with van der Waals surface area (Å²) in [6, 6.07) is 4.49. The van der Waals surface area contributed by atoms with Gasteiger partial charge in [-0.3, -0.25) is 0 Å². The monoisotopic (exact) mass is 266 g/mol. The fourth-order valence-electron chi connectivity index (χ4n) is 2.42. The summed E-state index contributed by atoms with van der Waals surface area (Å²) in [5, 5.41) is 9.39. The number of thioether (sulfide) groups is 1. The molecule has 0 unspecified atom stereocenters. The molecule has 1 heterocycles. The summed E-state index contributed by atoms with van der Waals surface area (Å²) in [7, 11) is 0. The molecule has 3 heteroatoms. The van der Waals surface area contributed by atoms with E-state index in [1.54, 1.807) is 0 Å². The number of rotatable bonds is 5. The Labute approximate surface area is 114 Å². The molecule has 1 fully saturated rings. The normalized spacial score (nSPS) is 17.6. The van der Waals surface area contributed by atoms with Gasteiger partial charge in [-0.25, -0.2) is 0 Å². The van der Waals surface area contributed by atoms with Crippen molar-refractivity contribution in [3.63, 3.8) is 0 Å². The molecule has 2 nitrogen and oxygen atoms in total. The Morgan fingerprint density at radius 1 is 1.22 bits per heavy atom. The van der Waals surface area contributed by atoms with E-state index in [0.29, 0.717) is 13.2 Å². The SMILES string of the molecule is Cc1cc(C)c(CSCC2(CO)COC2)c(C)c1. The first-order valence-corrected chi connectivity index (χ1v) is 7.55. The lowest BCUT2D eigenvalue weighted by Gasteiger charge is -2.39. The quantitative estimate of drug-likeness (QED) is 0.888. The molecule has 1 aromatic carbocycles. The summed E-state index contributed by atoms with van der Waals surface area (Å²) in [5.74, 6) is 2.01. The number of benzene rings is 1. The van der Waals surface area contributed by atoms with Crippen molar-refractivity contribution in [2.75, 3.05) is 25.6 Å². The van der Waals surface area contributed by atoms with Crippen LogP contribution in [0.5, 0.6) is 0 Å². The van der Waals surface area contributed by atoms with Gasteiger partial charge < -0.3 is 9.84 Å². The van der Waals surface area contributed by atoms with Gasteiger partial charge in [0.1, 0.15) is 0 Å². The third-order valence-electron chi connectivity index (χ3n) is 3.65. The van der Waals surface area contributed by atoms with Gasteiger partial charge in [-0.1, -0.05) is 17.7 Å². The second-order valence-electron chi connectivity index (χ2n) is 5.52. The molecule has 0 bridgehead atoms. The van der Waals surface area contributed by atoms with Crippen LogP contribution in [0.3, 0.4) is 0 Å². The molecule has 0 radical (unpaired) electrons. The Balaban J connectivity index is 1.94. The molecule has 100 valence electrons. The van der Waals surface area contributed by atoms with Gasteiger partial charge in [0, 0.05) is 16.9 Å². The van der Waals surface area contributed by atoms with E-state index in [4.69, 9.17) is 4.74 Å². The number of hydrogen-bond donors (Lipinski definition) is 1. The fourth-order valence-corrected chi connectivity index (χ4v) is 3.87. The van der Waals surface area contributed by atoms with Crippen molar-refractivity contribution in [1.29, 1.82) is 0 Å². The molecule has 18 heavy (non-hydrogen) atoms. The van der Waals surface area contributed by atoms with Crippen LogP contribution in [0.15, 0.2) is 12.1 Å². The Morgan fingerprint density at radius 2 is 1.83 bits per heavy atom. The average molecular weight is 266 g/mol. The Hall–Kier alpha value is -0.510. The number of aliphatic hydroxyl groups is 1. The van der Waals surface area contributed by atoms with E-state index in [-0.39, 0.29) is 12.0 Å². The highest BCUT2D eigenvalue weighted by Gasteiger charge is 2.37. The molecule has 0 atom stereocenters. The van der Waals surface area contributed by atoms with E-state index < -0.39 is 0 Å². The van der Waals surface area contributed by atoms with Gasteiger partial charge >= 0.3 is 0 Å². The highest BCUT2D eigenvalue weighted by molar-refractivity contribution is 7.98. The summed E-state index contributed by atoms with van der Waals surface area (Å²) in [6.07, 6.45) is 0. The largest absolute Gasteiger partial charge is 0.396 e. The number of hydrogen-bond acceptors (Lipinski definition) is 3. The molecule has 0 amide bonds. The van der Waals surface area contributed by atoms with Gasteiger partial charge in [0.25, 0.3) is 0 Å². The molecule has 1 aliphatic heterocycles. The van der Waals surface area contributed by atoms with E-state index in [9.17, 15) is 5.11 Å². The zero-order chi connectivity index (χ0) is 13.2. The van der Waals surface area contributed by atoms with Crippen molar-refractivity contribution >= 4 is 11.8 Å². The molecule has 2 rings (SSSR count). The molecule has 0 saturated carbocycles. The van der Waals surface area contributed by atoms with E-state index in [2.05, 4.69) is 32.9 Å². The van der Waals surface area contributed by atoms with Crippen LogP contribution in [0.4, 0.5) is 0 Å². The van der Waals surface area contributed by atoms with Gasteiger partial charge in [-0.15, -0.1) is 0 Å². The fraction of sp³-hybridized carbons (Fsp3) is 0.600. The van der Waals surface area contributed by atoms with E-state index in [1.807, 2.05) is 11.8 Å². The molecule has 1 N–H and O–H groups in total. The highest BCUT2D eigenvalue weighted by atomic mass is 32.2. The number of aliphatic hydroxyl groups excluding tert-OH is 1. The predicted molar refractivity (Wildman–Crippen MR) is 77.2 cm³/mol. The maximum absolute atomic E-state index is 9.39. The first-order chi connectivity index (χ1) is 8.56. The van der Waals surface area contributed by atoms with Crippen molar-refractivity contribution in [3.8, 4) is 0 Å². The highest BCUT2D eigenvalue weighted by Crippen LogP contribution is 2.33. The van der Waals surface area contributed by atoms with Crippen LogP contribution in [0.2, 0.25) is 0 Å². The average Bonchev–Trinajstić information content (AvgIpc) is 2.25. The molecular formula is C15H22O2S. The van der Waals surface area contributed by atoms with Crippen molar-refractivity contribution < 1.29 is 9.84 Å². The summed E-state index contributed by atoms with van der Waals surface area (Å²) in [5.41, 5.74) is 5.56. The summed E-state index contributed by atoms with van der Waals surface area (Å²) in [4.78, 5) is 0. The summed E-state index contributed by atoms with van der Waals surface area (Å²) in [6.45, 7) is 8.17. The van der Waals surface area contributed by atoms with Gasteiger partial charge in [0.05, 0.1) is 19.8 Å². The van der Waals surface area contributed by atoms with Gasteiger partial charge in [0.2, 0.25) is 0 Å². The van der Waals surface area contributed by atoms with Gasteiger partial charge in [-0.2, -0.15) is 11.8 Å². The first kappa shape index (κ1) is 13.9. The minimum absolute atomic E-state index is 0.0250. The van der Waals surface area contributed by atoms with Gasteiger partial charge in [0.15, 0.2) is 0 Å². The van der Waals surface area contributed by atoms with Crippen LogP contribution in [0.25, 0.3) is 0 Å². The molecule has 1 aliphatic rings. The minimum atomic E-state index is 0.0250. The van der Waals surface area contributed by atoms with Crippen molar-refractivity contribution in [2.24, 2.45) is 5.41 Å². The molecule has 0 aromatic heterocycles. The van der Waals surface area contributed by atoms with Crippen LogP contribution in [0.1, 0.15) is 22.3 Å². The Kier molecular flexibility index (Phi) is 4.36. The van der Waals surface area contributed by atoms with E-state index in [1.165, 1.54) is 22.3 Å². The maximum atomic E-state index is 9.39. The lowest BCUT2D eigenvalue weighted by molar-refractivity contribution is -0.121. The van der Waals surface area contributed by atoms with Crippen LogP contribution >= 0.6 is 11.8 Å². The molecule has 0 spiro atoms. The van der Waals surface area contributed by atoms with Crippen molar-refractivity contribution in [2.45, 2.75) is 26.5 Å². The zero-order valence-corrected chi connectivity index (χ0v) is 12.3. The second-order valence-corrected chi connectivity index (χ2v) is 6.51. The molecular weight excluding hydrogens is 244 g/mol. The zero-order valence-electron chi connectivity index (χ0n) is 11.5. The maximum Gasteiger partial charge on any atom is 0.0575 e. The smallest absolute Gasteiger partial charge is 0.0575 e. The lowest BCUT2D eigenvalue weighted by atomic mass is 9.90. The van der Waals surface area contributed by atoms with Crippen LogP contribution in [-0.4, -0.2) is 30.7 Å². The number of ether oxygens (including phenoxy) is 1. The second kappa shape index (κ2) is 5.64. The Bertz CT molecular complexity index is 396. The topological polar surface area (TPSA) is 29.5 Å². The molecule has 1 saturated heterocycles. The predicted octanol–water partition coefficient (Wildman–Crippen LogP) is 2.85. The molecule has 1 aromatic rings. The first-order valence-electron chi connectivity index (χ1n) is 6.39. The van der Waals surface area contributed by atoms with E-state index >= 15 is 0 Å². The third-order valence-corrected chi connectivity index (χ3v) is 4.96. The van der Waals surface area contributed by atoms with Crippen molar-refractivity contribution in [1.82, 2.24) is 0 Å². The Morgan fingerprint density at radius 3 is 2.28 bits per heavy atom. The summed E-state index contributed by atoms with van der Waals surface area (Å²) >= 11 is 1.91. The van der Waals surface area contributed by atoms with Crippen LogP contribution < -0.4 is 0 Å². The number of aryl methyl sites for hydroxylation is 3.